The van der Waals surface area contributed by atoms with Crippen LogP contribution in [0.25, 0.3) is 0 Å². The molecular formula is C15H17F3O3. The minimum atomic E-state index is -4.39. The topological polar surface area (TPSA) is 43.4 Å². The SMILES string of the molecule is CCOC(=O)CCC(=O)Cc1ccc(C(F)(F)F)cc1C. The zero-order chi connectivity index (χ0) is 16.0. The van der Waals surface area contributed by atoms with Gasteiger partial charge in [-0.1, -0.05) is 6.07 Å². The molecule has 0 unspecified atom stereocenters. The summed E-state index contributed by atoms with van der Waals surface area (Å²) < 4.78 is 42.3. The Bertz CT molecular complexity index is 521. The van der Waals surface area contributed by atoms with E-state index in [0.717, 1.165) is 12.1 Å². The van der Waals surface area contributed by atoms with Crippen LogP contribution in [0.2, 0.25) is 0 Å². The molecule has 0 aliphatic carbocycles. The smallest absolute Gasteiger partial charge is 0.416 e. The van der Waals surface area contributed by atoms with Crippen LogP contribution < -0.4 is 0 Å². The van der Waals surface area contributed by atoms with Crippen LogP contribution in [-0.4, -0.2) is 18.4 Å². The average Bonchev–Trinajstić information content (AvgIpc) is 2.38. The number of Topliss-reactive ketones (excluding diaryl/α,β-unsaturated/α-hetero) is 1. The second kappa shape index (κ2) is 7.24. The Hall–Kier alpha value is -1.85. The number of ketones is 1. The quantitative estimate of drug-likeness (QED) is 0.756. The van der Waals surface area contributed by atoms with Crippen molar-refractivity contribution in [3.05, 3.63) is 34.9 Å². The maximum atomic E-state index is 12.5. The van der Waals surface area contributed by atoms with Gasteiger partial charge in [-0.25, -0.2) is 0 Å². The van der Waals surface area contributed by atoms with E-state index in [-0.39, 0.29) is 31.7 Å². The number of carbonyl (C=O) groups is 2. The van der Waals surface area contributed by atoms with E-state index >= 15 is 0 Å². The van der Waals surface area contributed by atoms with E-state index in [1.165, 1.54) is 13.0 Å². The number of alkyl halides is 3. The van der Waals surface area contributed by atoms with Crippen LogP contribution >= 0.6 is 0 Å². The van der Waals surface area contributed by atoms with Gasteiger partial charge in [-0.2, -0.15) is 13.2 Å². The first-order chi connectivity index (χ1) is 9.74. The summed E-state index contributed by atoms with van der Waals surface area (Å²) in [6, 6.07) is 3.29. The number of benzene rings is 1. The molecule has 0 radical (unpaired) electrons. The van der Waals surface area contributed by atoms with Gasteiger partial charge in [-0.05, 0) is 37.1 Å². The predicted octanol–water partition coefficient (Wildman–Crippen LogP) is 3.47. The first-order valence-electron chi connectivity index (χ1n) is 6.58. The second-order valence-corrected chi connectivity index (χ2v) is 4.66. The van der Waals surface area contributed by atoms with Crippen LogP contribution in [0.15, 0.2) is 18.2 Å². The third kappa shape index (κ3) is 5.57. The summed E-state index contributed by atoms with van der Waals surface area (Å²) >= 11 is 0. The van der Waals surface area contributed by atoms with Gasteiger partial charge >= 0.3 is 12.1 Å². The summed E-state index contributed by atoms with van der Waals surface area (Å²) in [4.78, 5) is 22.8. The van der Waals surface area contributed by atoms with Crippen molar-refractivity contribution in [3.63, 3.8) is 0 Å². The monoisotopic (exact) mass is 302 g/mol. The highest BCUT2D eigenvalue weighted by Crippen LogP contribution is 2.30. The Morgan fingerprint density at radius 2 is 1.86 bits per heavy atom. The summed E-state index contributed by atoms with van der Waals surface area (Å²) in [5.74, 6) is -0.652. The number of esters is 1. The Morgan fingerprint density at radius 1 is 1.19 bits per heavy atom. The van der Waals surface area contributed by atoms with Gasteiger partial charge in [-0.15, -0.1) is 0 Å². The molecule has 1 aromatic carbocycles. The van der Waals surface area contributed by atoms with Gasteiger partial charge in [0.05, 0.1) is 18.6 Å². The molecule has 0 saturated carbocycles. The third-order valence-corrected chi connectivity index (χ3v) is 2.97. The summed E-state index contributed by atoms with van der Waals surface area (Å²) in [6.07, 6.45) is -4.35. The number of carbonyl (C=O) groups excluding carboxylic acids is 2. The van der Waals surface area contributed by atoms with Crippen molar-refractivity contribution in [2.24, 2.45) is 0 Å². The van der Waals surface area contributed by atoms with E-state index in [1.54, 1.807) is 6.92 Å². The van der Waals surface area contributed by atoms with Crippen molar-refractivity contribution in [1.82, 2.24) is 0 Å². The first-order valence-corrected chi connectivity index (χ1v) is 6.58. The summed E-state index contributed by atoms with van der Waals surface area (Å²) in [5.41, 5.74) is 0.217. The minimum Gasteiger partial charge on any atom is -0.466 e. The van der Waals surface area contributed by atoms with Crippen LogP contribution in [-0.2, 0) is 26.9 Å². The molecule has 3 nitrogen and oxygen atoms in total. The van der Waals surface area contributed by atoms with Crippen molar-refractivity contribution in [1.29, 1.82) is 0 Å². The molecular weight excluding hydrogens is 285 g/mol. The molecule has 0 heterocycles. The van der Waals surface area contributed by atoms with Gasteiger partial charge in [-0.3, -0.25) is 9.59 Å². The fourth-order valence-corrected chi connectivity index (χ4v) is 1.85. The Kier molecular flexibility index (Phi) is 5.93. The van der Waals surface area contributed by atoms with E-state index in [4.69, 9.17) is 4.74 Å². The zero-order valence-corrected chi connectivity index (χ0v) is 11.9. The fourth-order valence-electron chi connectivity index (χ4n) is 1.85. The lowest BCUT2D eigenvalue weighted by Crippen LogP contribution is -2.11. The lowest BCUT2D eigenvalue weighted by molar-refractivity contribution is -0.144. The Balaban J connectivity index is 2.63. The van der Waals surface area contributed by atoms with Crippen LogP contribution in [0.1, 0.15) is 36.5 Å². The van der Waals surface area contributed by atoms with Gasteiger partial charge in [0.1, 0.15) is 5.78 Å². The number of ether oxygens (including phenoxy) is 1. The van der Waals surface area contributed by atoms with Crippen molar-refractivity contribution >= 4 is 11.8 Å². The second-order valence-electron chi connectivity index (χ2n) is 4.66. The summed E-state index contributed by atoms with van der Waals surface area (Å²) in [5, 5.41) is 0. The number of aryl methyl sites for hydroxylation is 1. The third-order valence-electron chi connectivity index (χ3n) is 2.97. The molecule has 0 aromatic heterocycles. The molecule has 0 bridgehead atoms. The van der Waals surface area contributed by atoms with E-state index < -0.39 is 17.7 Å². The van der Waals surface area contributed by atoms with E-state index in [2.05, 4.69) is 0 Å². The van der Waals surface area contributed by atoms with Gasteiger partial charge in [0, 0.05) is 12.8 Å². The van der Waals surface area contributed by atoms with Crippen molar-refractivity contribution in [2.75, 3.05) is 6.61 Å². The van der Waals surface area contributed by atoms with Gasteiger partial charge < -0.3 is 4.74 Å². The lowest BCUT2D eigenvalue weighted by atomic mass is 9.99. The first kappa shape index (κ1) is 17.2. The zero-order valence-electron chi connectivity index (χ0n) is 11.9. The van der Waals surface area contributed by atoms with Crippen molar-refractivity contribution < 1.29 is 27.5 Å². The Morgan fingerprint density at radius 3 is 2.38 bits per heavy atom. The minimum absolute atomic E-state index is 0.00758. The van der Waals surface area contributed by atoms with Crippen molar-refractivity contribution in [3.8, 4) is 0 Å². The fraction of sp³-hybridized carbons (Fsp3) is 0.467. The summed E-state index contributed by atoms with van der Waals surface area (Å²) in [6.45, 7) is 3.46. The molecule has 1 rings (SSSR count). The van der Waals surface area contributed by atoms with Crippen LogP contribution in [0.4, 0.5) is 13.2 Å². The molecule has 0 aliphatic heterocycles. The van der Waals surface area contributed by atoms with E-state index in [9.17, 15) is 22.8 Å². The normalized spacial score (nSPS) is 11.3. The highest BCUT2D eigenvalue weighted by Gasteiger charge is 2.30. The molecule has 6 heteroatoms. The maximum absolute atomic E-state index is 12.5. The molecule has 0 spiro atoms. The largest absolute Gasteiger partial charge is 0.466 e. The molecule has 0 amide bonds. The summed E-state index contributed by atoms with van der Waals surface area (Å²) in [7, 11) is 0. The molecule has 1 aromatic rings. The number of halogens is 3. The number of rotatable bonds is 6. The molecule has 0 N–H and O–H groups in total. The standard InChI is InChI=1S/C15H17F3O3/c1-3-21-14(20)7-6-13(19)9-11-4-5-12(8-10(11)2)15(16,17)18/h4-5,8H,3,6-7,9H2,1-2H3. The van der Waals surface area contributed by atoms with Crippen molar-refractivity contribution in [2.45, 2.75) is 39.3 Å². The number of hydrogen-bond donors (Lipinski definition) is 0. The lowest BCUT2D eigenvalue weighted by Gasteiger charge is -2.10. The molecule has 0 aliphatic rings. The average molecular weight is 302 g/mol. The maximum Gasteiger partial charge on any atom is 0.416 e. The van der Waals surface area contributed by atoms with E-state index in [1.807, 2.05) is 0 Å². The van der Waals surface area contributed by atoms with Crippen LogP contribution in [0, 0.1) is 6.92 Å². The van der Waals surface area contributed by atoms with Crippen LogP contribution in [0.3, 0.4) is 0 Å². The molecule has 0 fully saturated rings. The molecule has 0 atom stereocenters. The van der Waals surface area contributed by atoms with Crippen LogP contribution in [0.5, 0.6) is 0 Å². The highest BCUT2D eigenvalue weighted by molar-refractivity contribution is 5.84. The van der Waals surface area contributed by atoms with Gasteiger partial charge in [0.25, 0.3) is 0 Å². The molecule has 21 heavy (non-hydrogen) atoms. The van der Waals surface area contributed by atoms with Gasteiger partial charge in [0.15, 0.2) is 0 Å². The van der Waals surface area contributed by atoms with E-state index in [0.29, 0.717) is 11.1 Å². The molecule has 0 saturated heterocycles. The predicted molar refractivity (Wildman–Crippen MR) is 70.8 cm³/mol. The highest BCUT2D eigenvalue weighted by atomic mass is 19.4. The van der Waals surface area contributed by atoms with Gasteiger partial charge in [0.2, 0.25) is 0 Å². The number of hydrogen-bond acceptors (Lipinski definition) is 3. The Labute approximate surface area is 121 Å². The molecule has 116 valence electrons.